The van der Waals surface area contributed by atoms with Crippen molar-refractivity contribution in [2.45, 2.75) is 51.4 Å². The molecule has 0 bridgehead atoms. The van der Waals surface area contributed by atoms with Crippen LogP contribution in [0.2, 0.25) is 0 Å². The predicted molar refractivity (Wildman–Crippen MR) is 183 cm³/mol. The molecule has 1 saturated heterocycles. The van der Waals surface area contributed by atoms with E-state index in [9.17, 15) is 14.7 Å². The van der Waals surface area contributed by atoms with Crippen molar-refractivity contribution in [1.82, 2.24) is 20.5 Å². The zero-order valence-electron chi connectivity index (χ0n) is 27.5. The van der Waals surface area contributed by atoms with Gasteiger partial charge in [-0.05, 0) is 66.1 Å². The van der Waals surface area contributed by atoms with Crippen molar-refractivity contribution in [2.75, 3.05) is 33.3 Å². The van der Waals surface area contributed by atoms with Crippen LogP contribution in [0.5, 0.6) is 0 Å². The van der Waals surface area contributed by atoms with Gasteiger partial charge in [0.2, 0.25) is 0 Å². The second kappa shape index (κ2) is 17.5. The highest BCUT2D eigenvalue weighted by Gasteiger charge is 2.33. The van der Waals surface area contributed by atoms with E-state index >= 15 is 0 Å². The smallest absolute Gasteiger partial charge is 0.325 e. The van der Waals surface area contributed by atoms with Crippen LogP contribution in [0.4, 0.5) is 4.79 Å². The van der Waals surface area contributed by atoms with Gasteiger partial charge in [0.25, 0.3) is 0 Å². The number of hydrogen-bond acceptors (Lipinski definition) is 8. The monoisotopic (exact) mass is 652 g/mol. The maximum absolute atomic E-state index is 12.2. The van der Waals surface area contributed by atoms with E-state index in [0.717, 1.165) is 58.6 Å². The number of urea groups is 1. The molecular weight excluding hydrogens is 608 g/mol. The minimum atomic E-state index is -0.580. The van der Waals surface area contributed by atoms with Crippen molar-refractivity contribution in [3.63, 3.8) is 0 Å². The van der Waals surface area contributed by atoms with E-state index in [1.54, 1.807) is 6.92 Å². The number of hydrogen-bond donors (Lipinski definition) is 3. The van der Waals surface area contributed by atoms with Gasteiger partial charge in [-0.15, -0.1) is 0 Å². The molecule has 0 unspecified atom stereocenters. The Hall–Kier alpha value is -4.61. The number of carbonyl (C=O) groups is 2. The van der Waals surface area contributed by atoms with Gasteiger partial charge >= 0.3 is 12.0 Å². The first-order chi connectivity index (χ1) is 23.4. The van der Waals surface area contributed by atoms with Gasteiger partial charge in [-0.2, -0.15) is 0 Å². The van der Waals surface area contributed by atoms with E-state index in [1.165, 1.54) is 0 Å². The summed E-state index contributed by atoms with van der Waals surface area (Å²) < 4.78 is 18.1. The third-order valence-corrected chi connectivity index (χ3v) is 8.18. The summed E-state index contributed by atoms with van der Waals surface area (Å²) in [7, 11) is 2.11. The molecule has 1 aliphatic rings. The Morgan fingerprint density at radius 1 is 0.917 bits per heavy atom. The van der Waals surface area contributed by atoms with Crippen molar-refractivity contribution >= 4 is 12.0 Å². The van der Waals surface area contributed by atoms with E-state index in [-0.39, 0.29) is 32.0 Å². The molecule has 252 valence electrons. The molecular formula is C38H44N4O6. The lowest BCUT2D eigenvalue weighted by atomic mass is 9.98. The molecule has 2 heterocycles. The van der Waals surface area contributed by atoms with Gasteiger partial charge < -0.3 is 34.9 Å². The highest BCUT2D eigenvalue weighted by atomic mass is 16.7. The number of pyridine rings is 1. The van der Waals surface area contributed by atoms with Crippen LogP contribution in [0, 0.1) is 0 Å². The van der Waals surface area contributed by atoms with Crippen molar-refractivity contribution in [1.29, 1.82) is 0 Å². The number of aromatic nitrogens is 1. The highest BCUT2D eigenvalue weighted by molar-refractivity contribution is 5.80. The van der Waals surface area contributed by atoms with E-state index < -0.39 is 18.3 Å². The van der Waals surface area contributed by atoms with Gasteiger partial charge in [-0.3, -0.25) is 9.78 Å². The summed E-state index contributed by atoms with van der Waals surface area (Å²) in [5, 5.41) is 14.8. The first-order valence-corrected chi connectivity index (χ1v) is 16.4. The Balaban J connectivity index is 1.28. The lowest BCUT2D eigenvalue weighted by molar-refractivity contribution is -0.252. The summed E-state index contributed by atoms with van der Waals surface area (Å²) >= 11 is 0. The molecule has 3 aromatic carbocycles. The van der Waals surface area contributed by atoms with Gasteiger partial charge in [0, 0.05) is 49.9 Å². The Labute approximate surface area is 282 Å². The number of nitrogens with zero attached hydrogens (tertiary/aromatic N) is 2. The summed E-state index contributed by atoms with van der Waals surface area (Å²) in [4.78, 5) is 30.4. The van der Waals surface area contributed by atoms with Gasteiger partial charge in [-0.1, -0.05) is 66.7 Å². The fourth-order valence-corrected chi connectivity index (χ4v) is 5.66. The fraction of sp³-hybridized carbons (Fsp3) is 0.342. The molecule has 1 aliphatic heterocycles. The van der Waals surface area contributed by atoms with Crippen molar-refractivity contribution < 1.29 is 28.9 Å². The standard InChI is InChI=1S/C38H44N4O6/c1-3-46-36(44)24-41-38(45)40-23-28-8-6-9-30(20-28)31-10-7-11-32(21-31)37-47-34(25-42(2)19-17-33-12-4-5-18-39-33)22-35(48-37)29-15-13-27(26-43)14-16-29/h4-16,18,20-21,34-35,37,43H,3,17,19,22-26H2,1-2H3,(H2,40,41,45)/t34-,35+,37+/m0/s1. The Kier molecular flexibility index (Phi) is 12.7. The van der Waals surface area contributed by atoms with Crippen molar-refractivity contribution in [3.05, 3.63) is 125 Å². The van der Waals surface area contributed by atoms with E-state index in [0.29, 0.717) is 13.0 Å². The van der Waals surface area contributed by atoms with Crippen LogP contribution < -0.4 is 10.6 Å². The molecule has 48 heavy (non-hydrogen) atoms. The van der Waals surface area contributed by atoms with Crippen LogP contribution in [0.1, 0.15) is 53.7 Å². The predicted octanol–water partition coefficient (Wildman–Crippen LogP) is 5.32. The number of amides is 2. The summed E-state index contributed by atoms with van der Waals surface area (Å²) in [5.74, 6) is -0.481. The van der Waals surface area contributed by atoms with Gasteiger partial charge in [0.1, 0.15) is 6.54 Å². The first-order valence-electron chi connectivity index (χ1n) is 16.4. The normalized spacial score (nSPS) is 17.5. The van der Waals surface area contributed by atoms with Gasteiger partial charge in [0.05, 0.1) is 25.4 Å². The van der Waals surface area contributed by atoms with Crippen LogP contribution in [-0.4, -0.2) is 66.4 Å². The quantitative estimate of drug-likeness (QED) is 0.157. The van der Waals surface area contributed by atoms with Crippen LogP contribution >= 0.6 is 0 Å². The Bertz CT molecular complexity index is 1620. The lowest BCUT2D eigenvalue weighted by Crippen LogP contribution is -2.38. The summed E-state index contributed by atoms with van der Waals surface area (Å²) in [5.41, 5.74) is 6.76. The lowest BCUT2D eigenvalue weighted by Gasteiger charge is -2.38. The summed E-state index contributed by atoms with van der Waals surface area (Å²) in [6, 6.07) is 29.5. The third kappa shape index (κ3) is 10.2. The Morgan fingerprint density at radius 3 is 2.46 bits per heavy atom. The van der Waals surface area contributed by atoms with E-state index in [2.05, 4.69) is 33.6 Å². The molecule has 1 aromatic heterocycles. The maximum Gasteiger partial charge on any atom is 0.325 e. The number of nitrogens with one attached hydrogen (secondary N) is 2. The van der Waals surface area contributed by atoms with Gasteiger partial charge in [-0.25, -0.2) is 4.79 Å². The SMILES string of the molecule is CCOC(=O)CNC(=O)NCc1cccc(-c2cccc([C@@H]3O[C@H](CN(C)CCc4ccccn4)C[C@H](c4ccc(CO)cc4)O3)c2)c1. The molecule has 3 atom stereocenters. The van der Waals surface area contributed by atoms with Crippen molar-refractivity contribution in [2.24, 2.45) is 0 Å². The largest absolute Gasteiger partial charge is 0.465 e. The Morgan fingerprint density at radius 2 is 1.71 bits per heavy atom. The molecule has 1 fully saturated rings. The van der Waals surface area contributed by atoms with Gasteiger partial charge in [0.15, 0.2) is 6.29 Å². The molecule has 0 saturated carbocycles. The minimum absolute atomic E-state index is 0.00599. The zero-order chi connectivity index (χ0) is 33.7. The number of aliphatic hydroxyl groups is 1. The van der Waals surface area contributed by atoms with Crippen LogP contribution in [0.3, 0.4) is 0 Å². The summed E-state index contributed by atoms with van der Waals surface area (Å²) in [6.45, 7) is 3.67. The number of likely N-dealkylation sites (N-methyl/N-ethyl adjacent to an activating group) is 1. The highest BCUT2D eigenvalue weighted by Crippen LogP contribution is 2.39. The molecule has 10 nitrogen and oxygen atoms in total. The zero-order valence-corrected chi connectivity index (χ0v) is 27.5. The van der Waals surface area contributed by atoms with Crippen LogP contribution in [-0.2, 0) is 38.6 Å². The molecule has 0 aliphatic carbocycles. The number of ether oxygens (including phenoxy) is 3. The number of aliphatic hydroxyl groups excluding tert-OH is 1. The molecule has 5 rings (SSSR count). The number of esters is 1. The third-order valence-electron chi connectivity index (χ3n) is 8.18. The summed E-state index contributed by atoms with van der Waals surface area (Å²) in [6.07, 6.45) is 2.54. The first kappa shape index (κ1) is 34.7. The fourth-order valence-electron chi connectivity index (χ4n) is 5.66. The molecule has 10 heteroatoms. The number of rotatable bonds is 14. The van der Waals surface area contributed by atoms with Crippen molar-refractivity contribution in [3.8, 4) is 11.1 Å². The molecule has 0 spiro atoms. The number of carbonyl (C=O) groups excluding carboxylic acids is 2. The van der Waals surface area contributed by atoms with E-state index in [4.69, 9.17) is 14.2 Å². The average molecular weight is 653 g/mol. The second-order valence-electron chi connectivity index (χ2n) is 11.9. The minimum Gasteiger partial charge on any atom is -0.465 e. The molecule has 3 N–H and O–H groups in total. The molecule has 2 amide bonds. The van der Waals surface area contributed by atoms with Crippen LogP contribution in [0.25, 0.3) is 11.1 Å². The molecule has 0 radical (unpaired) electrons. The molecule has 4 aromatic rings. The topological polar surface area (TPSA) is 122 Å². The van der Waals surface area contributed by atoms with E-state index in [1.807, 2.05) is 91.1 Å². The maximum atomic E-state index is 12.2. The second-order valence-corrected chi connectivity index (χ2v) is 11.9. The average Bonchev–Trinajstić information content (AvgIpc) is 3.13. The van der Waals surface area contributed by atoms with Crippen LogP contribution in [0.15, 0.2) is 97.2 Å². The number of benzene rings is 3.